The van der Waals surface area contributed by atoms with E-state index in [1.807, 2.05) is 66.0 Å². The van der Waals surface area contributed by atoms with Gasteiger partial charge in [-0.05, 0) is 35.7 Å². The average Bonchev–Trinajstić information content (AvgIpc) is 3.23. The van der Waals surface area contributed by atoms with Gasteiger partial charge in [-0.2, -0.15) is 0 Å². The van der Waals surface area contributed by atoms with Crippen LogP contribution in [0.15, 0.2) is 75.5 Å². The molecule has 1 aliphatic rings. The van der Waals surface area contributed by atoms with Crippen LogP contribution >= 0.6 is 11.3 Å². The van der Waals surface area contributed by atoms with Crippen LogP contribution in [0, 0.1) is 0 Å². The molecule has 3 heterocycles. The molecule has 0 unspecified atom stereocenters. The van der Waals surface area contributed by atoms with E-state index in [1.54, 1.807) is 11.3 Å². The second-order valence-electron chi connectivity index (χ2n) is 5.91. The Kier molecular flexibility index (Phi) is 3.72. The van der Waals surface area contributed by atoms with Gasteiger partial charge in [0.2, 0.25) is 0 Å². The summed E-state index contributed by atoms with van der Waals surface area (Å²) >= 11 is 1.65. The van der Waals surface area contributed by atoms with Gasteiger partial charge in [0.05, 0.1) is 15.9 Å². The average molecular weight is 361 g/mol. The summed E-state index contributed by atoms with van der Waals surface area (Å²) in [6.45, 7) is 1.14. The summed E-state index contributed by atoms with van der Waals surface area (Å²) < 4.78 is 17.3. The first kappa shape index (κ1) is 15.2. The van der Waals surface area contributed by atoms with E-state index in [0.29, 0.717) is 13.2 Å². The largest absolute Gasteiger partial charge is 0.486 e. The first-order chi connectivity index (χ1) is 12.9. The van der Waals surface area contributed by atoms with Crippen molar-refractivity contribution in [3.63, 3.8) is 0 Å². The number of thiophene rings is 1. The van der Waals surface area contributed by atoms with Crippen LogP contribution in [0.4, 0.5) is 5.69 Å². The summed E-state index contributed by atoms with van der Waals surface area (Å²) in [5.74, 6) is 2.32. The quantitative estimate of drug-likeness (QED) is 0.495. The molecule has 0 spiro atoms. The Hall–Kier alpha value is -3.05. The molecular weight excluding hydrogens is 346 g/mol. The number of fused-ring (bicyclic) bond motifs is 2. The van der Waals surface area contributed by atoms with Gasteiger partial charge in [0.1, 0.15) is 24.6 Å². The van der Waals surface area contributed by atoms with Gasteiger partial charge in [-0.25, -0.2) is 4.99 Å². The first-order valence-electron chi connectivity index (χ1n) is 8.38. The Balaban J connectivity index is 1.71. The number of benzene rings is 2. The van der Waals surface area contributed by atoms with Gasteiger partial charge in [0.25, 0.3) is 0 Å². The minimum Gasteiger partial charge on any atom is -0.486 e. The monoisotopic (exact) mass is 361 g/mol. The van der Waals surface area contributed by atoms with Crippen LogP contribution in [0.5, 0.6) is 11.5 Å². The lowest BCUT2D eigenvalue weighted by Crippen LogP contribution is -2.15. The molecule has 4 nitrogen and oxygen atoms in total. The zero-order valence-electron chi connectivity index (χ0n) is 13.8. The Bertz CT molecular complexity index is 1150. The molecule has 0 saturated heterocycles. The van der Waals surface area contributed by atoms with E-state index in [-0.39, 0.29) is 0 Å². The summed E-state index contributed by atoms with van der Waals surface area (Å²) in [5.41, 5.74) is 1.64. The first-order valence-corrected chi connectivity index (χ1v) is 9.26. The van der Waals surface area contributed by atoms with Gasteiger partial charge in [0.15, 0.2) is 11.5 Å². The van der Waals surface area contributed by atoms with Crippen molar-refractivity contribution >= 4 is 28.0 Å². The van der Waals surface area contributed by atoms with Crippen molar-refractivity contribution in [1.82, 2.24) is 0 Å². The molecule has 1 aliphatic heterocycles. The molecule has 2 aromatic heterocycles. The maximum atomic E-state index is 6.08. The van der Waals surface area contributed by atoms with Crippen LogP contribution in [0.25, 0.3) is 21.6 Å². The highest BCUT2D eigenvalue weighted by molar-refractivity contribution is 7.13. The molecule has 2 aromatic carbocycles. The van der Waals surface area contributed by atoms with E-state index in [2.05, 4.69) is 0 Å². The van der Waals surface area contributed by atoms with Gasteiger partial charge < -0.3 is 13.9 Å². The third kappa shape index (κ3) is 2.76. The molecule has 26 heavy (non-hydrogen) atoms. The highest BCUT2D eigenvalue weighted by atomic mass is 32.1. The van der Waals surface area contributed by atoms with Crippen molar-refractivity contribution in [2.24, 2.45) is 4.99 Å². The lowest BCUT2D eigenvalue weighted by atomic mass is 10.2. The molecule has 0 saturated carbocycles. The van der Waals surface area contributed by atoms with Crippen LogP contribution < -0.4 is 14.8 Å². The van der Waals surface area contributed by atoms with E-state index < -0.39 is 0 Å². The summed E-state index contributed by atoms with van der Waals surface area (Å²) in [7, 11) is 0. The second kappa shape index (κ2) is 6.35. The fourth-order valence-electron chi connectivity index (χ4n) is 2.99. The van der Waals surface area contributed by atoms with Crippen LogP contribution in [0.1, 0.15) is 0 Å². The maximum absolute atomic E-state index is 6.08. The van der Waals surface area contributed by atoms with Crippen molar-refractivity contribution in [2.45, 2.75) is 0 Å². The fraction of sp³-hybridized carbons (Fsp3) is 0.0952. The van der Waals surface area contributed by atoms with E-state index >= 15 is 0 Å². The van der Waals surface area contributed by atoms with Crippen LogP contribution in [-0.2, 0) is 0 Å². The Morgan fingerprint density at radius 2 is 1.73 bits per heavy atom. The summed E-state index contributed by atoms with van der Waals surface area (Å²) in [6.07, 6.45) is 0. The molecule has 128 valence electrons. The zero-order valence-corrected chi connectivity index (χ0v) is 14.7. The topological polar surface area (TPSA) is 44.0 Å². The van der Waals surface area contributed by atoms with Gasteiger partial charge in [0, 0.05) is 17.5 Å². The molecule has 4 aromatic rings. The van der Waals surface area contributed by atoms with Gasteiger partial charge in [-0.15, -0.1) is 11.3 Å². The van der Waals surface area contributed by atoms with Crippen molar-refractivity contribution < 1.29 is 13.9 Å². The number of ether oxygens (including phenoxy) is 2. The minimum absolute atomic E-state index is 0.562. The van der Waals surface area contributed by atoms with Crippen molar-refractivity contribution in [3.8, 4) is 22.1 Å². The number of para-hydroxylation sites is 1. The lowest BCUT2D eigenvalue weighted by Gasteiger charge is -2.18. The summed E-state index contributed by atoms with van der Waals surface area (Å²) in [4.78, 5) is 5.94. The Labute approximate surface area is 154 Å². The van der Waals surface area contributed by atoms with E-state index in [1.165, 1.54) is 0 Å². The predicted molar refractivity (Wildman–Crippen MR) is 102 cm³/mol. The molecule has 5 heteroatoms. The Morgan fingerprint density at radius 1 is 0.846 bits per heavy atom. The molecule has 0 N–H and O–H groups in total. The summed E-state index contributed by atoms with van der Waals surface area (Å²) in [6, 6.07) is 19.8. The SMILES string of the molecule is c1csc(-c2cc(=Nc3ccc4c(c3)OCCO4)c3ccccc3o2)c1. The third-order valence-corrected chi connectivity index (χ3v) is 5.07. The van der Waals surface area contributed by atoms with Crippen molar-refractivity contribution in [1.29, 1.82) is 0 Å². The number of rotatable bonds is 2. The van der Waals surface area contributed by atoms with Crippen molar-refractivity contribution in [3.05, 3.63) is 71.4 Å². The lowest BCUT2D eigenvalue weighted by molar-refractivity contribution is 0.171. The normalized spacial score (nSPS) is 13.9. The van der Waals surface area contributed by atoms with Crippen LogP contribution in [0.3, 0.4) is 0 Å². The van der Waals surface area contributed by atoms with Crippen LogP contribution in [0.2, 0.25) is 0 Å². The van der Waals surface area contributed by atoms with E-state index in [0.717, 1.165) is 44.2 Å². The molecular formula is C21H15NO3S. The number of hydrogen-bond acceptors (Lipinski definition) is 5. The smallest absolute Gasteiger partial charge is 0.163 e. The maximum Gasteiger partial charge on any atom is 0.163 e. The molecule has 0 fully saturated rings. The highest BCUT2D eigenvalue weighted by Crippen LogP contribution is 2.33. The molecule has 0 atom stereocenters. The van der Waals surface area contributed by atoms with Gasteiger partial charge in [-0.1, -0.05) is 18.2 Å². The van der Waals surface area contributed by atoms with Crippen LogP contribution in [-0.4, -0.2) is 13.2 Å². The number of nitrogens with zero attached hydrogens (tertiary/aromatic N) is 1. The van der Waals surface area contributed by atoms with Gasteiger partial charge >= 0.3 is 0 Å². The Morgan fingerprint density at radius 3 is 2.62 bits per heavy atom. The zero-order chi connectivity index (χ0) is 17.3. The second-order valence-corrected chi connectivity index (χ2v) is 6.86. The fourth-order valence-corrected chi connectivity index (χ4v) is 3.67. The van der Waals surface area contributed by atoms with E-state index in [9.17, 15) is 0 Å². The molecule has 0 bridgehead atoms. The molecule has 5 rings (SSSR count). The van der Waals surface area contributed by atoms with Crippen molar-refractivity contribution in [2.75, 3.05) is 13.2 Å². The number of hydrogen-bond donors (Lipinski definition) is 0. The minimum atomic E-state index is 0.562. The van der Waals surface area contributed by atoms with Gasteiger partial charge in [-0.3, -0.25) is 0 Å². The predicted octanol–water partition coefficient (Wildman–Crippen LogP) is 5.16. The standard InChI is InChI=1S/C21H15NO3S/c1-2-5-17-15(4-1)16(13-20(25-17)21-6-3-11-26-21)22-14-7-8-18-19(12-14)24-10-9-23-18/h1-8,11-13H,9-10H2. The molecule has 0 radical (unpaired) electrons. The third-order valence-electron chi connectivity index (χ3n) is 4.19. The molecule has 0 amide bonds. The van der Waals surface area contributed by atoms with E-state index in [4.69, 9.17) is 18.9 Å². The molecule has 0 aliphatic carbocycles. The summed E-state index contributed by atoms with van der Waals surface area (Å²) in [5, 5.41) is 3.88. The highest BCUT2D eigenvalue weighted by Gasteiger charge is 2.12.